The van der Waals surface area contributed by atoms with Crippen molar-refractivity contribution < 1.29 is 9.90 Å². The third-order valence-corrected chi connectivity index (χ3v) is 4.68. The van der Waals surface area contributed by atoms with Crippen molar-refractivity contribution >= 4 is 16.9 Å². The molecule has 1 heterocycles. The van der Waals surface area contributed by atoms with Crippen LogP contribution in [-0.2, 0) is 24.1 Å². The topological polar surface area (TPSA) is 56.3 Å². The van der Waals surface area contributed by atoms with Gasteiger partial charge in [0.25, 0.3) is 0 Å². The fourth-order valence-electron chi connectivity index (χ4n) is 3.26. The van der Waals surface area contributed by atoms with Crippen LogP contribution < -0.4 is 0 Å². The van der Waals surface area contributed by atoms with E-state index in [1.165, 1.54) is 11.1 Å². The second kappa shape index (κ2) is 8.86. The summed E-state index contributed by atoms with van der Waals surface area (Å²) >= 11 is 0. The summed E-state index contributed by atoms with van der Waals surface area (Å²) in [4.78, 5) is 17.1. The van der Waals surface area contributed by atoms with Crippen molar-refractivity contribution in [3.05, 3.63) is 46.7 Å². The van der Waals surface area contributed by atoms with E-state index in [-0.39, 0.29) is 6.42 Å². The molecule has 0 aliphatic rings. The summed E-state index contributed by atoms with van der Waals surface area (Å²) in [5, 5.41) is 10.4. The van der Waals surface area contributed by atoms with E-state index in [0.717, 1.165) is 54.5 Å². The number of rotatable bonds is 9. The first-order chi connectivity index (χ1) is 11.9. The van der Waals surface area contributed by atoms with E-state index in [0.29, 0.717) is 0 Å². The van der Waals surface area contributed by atoms with Gasteiger partial charge >= 0.3 is 5.97 Å². The number of carboxylic acid groups (broad SMARTS) is 1. The molecule has 0 radical (unpaired) electrons. The Morgan fingerprint density at radius 1 is 1.20 bits per heavy atom. The van der Waals surface area contributed by atoms with Gasteiger partial charge in [0.15, 0.2) is 0 Å². The smallest absolute Gasteiger partial charge is 0.307 e. The average molecular weight is 342 g/mol. The lowest BCUT2D eigenvalue weighted by Gasteiger charge is -2.17. The first-order valence-electron chi connectivity index (χ1n) is 9.13. The van der Waals surface area contributed by atoms with Gasteiger partial charge in [-0.15, -0.1) is 0 Å². The fourth-order valence-corrected chi connectivity index (χ4v) is 3.26. The lowest BCUT2D eigenvalue weighted by Crippen LogP contribution is -2.25. The number of aromatic nitrogens is 1. The highest BCUT2D eigenvalue weighted by atomic mass is 16.4. The molecule has 0 bridgehead atoms. The second-order valence-corrected chi connectivity index (χ2v) is 6.82. The molecule has 0 aliphatic carbocycles. The summed E-state index contributed by atoms with van der Waals surface area (Å²) in [6.07, 6.45) is 6.05. The summed E-state index contributed by atoms with van der Waals surface area (Å²) in [5.74, 6) is -0.781. The van der Waals surface area contributed by atoms with Gasteiger partial charge in [-0.05, 0) is 62.5 Å². The van der Waals surface area contributed by atoms with Gasteiger partial charge in [0, 0.05) is 23.6 Å². The van der Waals surface area contributed by atoms with Crippen molar-refractivity contribution in [1.82, 2.24) is 9.88 Å². The number of benzene rings is 1. The van der Waals surface area contributed by atoms with Gasteiger partial charge in [0.2, 0.25) is 0 Å². The minimum Gasteiger partial charge on any atom is -0.481 e. The first-order valence-corrected chi connectivity index (χ1v) is 9.13. The van der Waals surface area contributed by atoms with Gasteiger partial charge < -0.3 is 15.0 Å². The van der Waals surface area contributed by atoms with E-state index in [4.69, 9.17) is 0 Å². The van der Waals surface area contributed by atoms with E-state index in [1.807, 2.05) is 6.20 Å². The average Bonchev–Trinajstić information content (AvgIpc) is 2.97. The van der Waals surface area contributed by atoms with Gasteiger partial charge in [-0.25, -0.2) is 0 Å². The Morgan fingerprint density at radius 2 is 1.92 bits per heavy atom. The maximum atomic E-state index is 11.4. The number of hydrogen-bond acceptors (Lipinski definition) is 2. The summed E-state index contributed by atoms with van der Waals surface area (Å²) in [6.45, 7) is 11.6. The third kappa shape index (κ3) is 5.20. The Hall–Kier alpha value is -2.07. The lowest BCUT2D eigenvalue weighted by molar-refractivity contribution is -0.136. The van der Waals surface area contributed by atoms with Crippen LogP contribution in [0.15, 0.2) is 30.0 Å². The second-order valence-electron chi connectivity index (χ2n) is 6.82. The summed E-state index contributed by atoms with van der Waals surface area (Å²) in [6, 6.07) is 4.21. The van der Waals surface area contributed by atoms with Crippen LogP contribution in [0.4, 0.5) is 0 Å². The minimum absolute atomic E-state index is 0.0648. The molecule has 0 atom stereocenters. The molecule has 2 rings (SSSR count). The van der Waals surface area contributed by atoms with E-state index < -0.39 is 5.97 Å². The Bertz CT molecular complexity index is 751. The molecule has 0 amide bonds. The quantitative estimate of drug-likeness (QED) is 0.672. The van der Waals surface area contributed by atoms with Gasteiger partial charge in [-0.1, -0.05) is 31.6 Å². The number of nitrogens with zero attached hydrogens (tertiary/aromatic N) is 1. The molecule has 0 unspecified atom stereocenters. The largest absolute Gasteiger partial charge is 0.481 e. The van der Waals surface area contributed by atoms with Gasteiger partial charge in [-0.2, -0.15) is 0 Å². The zero-order chi connectivity index (χ0) is 18.4. The Kier molecular flexibility index (Phi) is 6.82. The fraction of sp³-hybridized carbons (Fsp3) is 0.476. The Labute approximate surface area is 150 Å². The monoisotopic (exact) mass is 342 g/mol. The number of aromatic amines is 1. The lowest BCUT2D eigenvalue weighted by atomic mass is 9.97. The summed E-state index contributed by atoms with van der Waals surface area (Å²) in [7, 11) is 0. The van der Waals surface area contributed by atoms with Crippen LogP contribution in [0.5, 0.6) is 0 Å². The highest BCUT2D eigenvalue weighted by Gasteiger charge is 2.13. The van der Waals surface area contributed by atoms with Crippen LogP contribution in [0.1, 0.15) is 44.4 Å². The van der Waals surface area contributed by atoms with Crippen LogP contribution in [0.2, 0.25) is 0 Å². The van der Waals surface area contributed by atoms with Crippen LogP contribution >= 0.6 is 0 Å². The van der Waals surface area contributed by atoms with E-state index in [9.17, 15) is 9.90 Å². The molecule has 4 heteroatoms. The van der Waals surface area contributed by atoms with Crippen LogP contribution in [0.3, 0.4) is 0 Å². The molecule has 2 aromatic rings. The van der Waals surface area contributed by atoms with Crippen LogP contribution in [0.25, 0.3) is 10.9 Å². The normalized spacial score (nSPS) is 11.2. The molecule has 0 spiro atoms. The SMILES string of the molecule is CCN(CC)CCc1c[nH]c2cc(CC=C(C)C)cc(CC(=O)O)c12. The molecule has 136 valence electrons. The highest BCUT2D eigenvalue weighted by molar-refractivity contribution is 5.90. The zero-order valence-corrected chi connectivity index (χ0v) is 15.9. The van der Waals surface area contributed by atoms with Gasteiger partial charge in [0.1, 0.15) is 0 Å². The molecule has 0 aliphatic heterocycles. The molecular weight excluding hydrogens is 312 g/mol. The number of carboxylic acids is 1. The molecule has 25 heavy (non-hydrogen) atoms. The molecule has 1 aromatic carbocycles. The van der Waals surface area contributed by atoms with E-state index >= 15 is 0 Å². The van der Waals surface area contributed by atoms with Crippen molar-refractivity contribution in [1.29, 1.82) is 0 Å². The van der Waals surface area contributed by atoms with Crippen molar-refractivity contribution in [2.75, 3.05) is 19.6 Å². The summed E-state index contributed by atoms with van der Waals surface area (Å²) < 4.78 is 0. The van der Waals surface area contributed by atoms with Crippen molar-refractivity contribution in [2.24, 2.45) is 0 Å². The van der Waals surface area contributed by atoms with Crippen molar-refractivity contribution in [2.45, 2.75) is 47.0 Å². The molecule has 4 nitrogen and oxygen atoms in total. The number of fused-ring (bicyclic) bond motifs is 1. The number of nitrogens with one attached hydrogen (secondary N) is 1. The molecule has 1 aromatic heterocycles. The number of aliphatic carboxylic acids is 1. The third-order valence-electron chi connectivity index (χ3n) is 4.68. The number of H-pyrrole nitrogens is 1. The molecule has 2 N–H and O–H groups in total. The maximum Gasteiger partial charge on any atom is 0.307 e. The van der Waals surface area contributed by atoms with Crippen LogP contribution in [0, 0.1) is 0 Å². The number of hydrogen-bond donors (Lipinski definition) is 2. The Morgan fingerprint density at radius 3 is 2.52 bits per heavy atom. The molecule has 0 saturated carbocycles. The van der Waals surface area contributed by atoms with E-state index in [1.54, 1.807) is 0 Å². The molecule has 0 saturated heterocycles. The number of allylic oxidation sites excluding steroid dienone is 2. The predicted molar refractivity (Wildman–Crippen MR) is 104 cm³/mol. The number of carbonyl (C=O) groups is 1. The van der Waals surface area contributed by atoms with Crippen molar-refractivity contribution in [3.63, 3.8) is 0 Å². The summed E-state index contributed by atoms with van der Waals surface area (Å²) in [5.41, 5.74) is 5.60. The highest BCUT2D eigenvalue weighted by Crippen LogP contribution is 2.26. The van der Waals surface area contributed by atoms with Crippen LogP contribution in [-0.4, -0.2) is 40.6 Å². The first kappa shape index (κ1) is 19.3. The van der Waals surface area contributed by atoms with Gasteiger partial charge in [0.05, 0.1) is 6.42 Å². The standard InChI is InChI=1S/C21H30N2O2/c1-5-23(6-2)10-9-17-14-22-19-12-16(8-7-15(3)4)11-18(21(17)19)13-20(24)25/h7,11-12,14,22H,5-6,8-10,13H2,1-4H3,(H,24,25). The Balaban J connectivity index is 2.38. The van der Waals surface area contributed by atoms with Gasteiger partial charge in [-0.3, -0.25) is 4.79 Å². The predicted octanol–water partition coefficient (Wildman–Crippen LogP) is 4.19. The molecular formula is C21H30N2O2. The van der Waals surface area contributed by atoms with E-state index in [2.05, 4.69) is 55.8 Å². The zero-order valence-electron chi connectivity index (χ0n) is 15.9. The number of likely N-dealkylation sites (N-methyl/N-ethyl adjacent to an activating group) is 1. The van der Waals surface area contributed by atoms with Crippen molar-refractivity contribution in [3.8, 4) is 0 Å². The maximum absolute atomic E-state index is 11.4. The molecule has 0 fully saturated rings. The minimum atomic E-state index is -0.781.